The monoisotopic (exact) mass is 641 g/mol. The molecule has 0 heterocycles. The summed E-state index contributed by atoms with van der Waals surface area (Å²) >= 11 is 4.63. The molecule has 4 aromatic rings. The molecule has 0 aliphatic carbocycles. The van der Waals surface area contributed by atoms with Crippen LogP contribution >= 0.6 is 45.2 Å². The highest BCUT2D eigenvalue weighted by Crippen LogP contribution is 2.46. The normalized spacial score (nSPS) is 12.6. The Bertz CT molecular complexity index is 1290. The lowest BCUT2D eigenvalue weighted by atomic mass is 9.93. The highest BCUT2D eigenvalue weighted by atomic mass is 127. The molecule has 4 rings (SSSR count). The summed E-state index contributed by atoms with van der Waals surface area (Å²) in [6.07, 6.45) is 0. The molecule has 3 nitrogen and oxygen atoms in total. The summed E-state index contributed by atoms with van der Waals surface area (Å²) in [4.78, 5) is 0.799. The maximum atomic E-state index is 13.5. The van der Waals surface area contributed by atoms with Gasteiger partial charge < -0.3 is 4.74 Å². The Morgan fingerprint density at radius 2 is 1.40 bits per heavy atom. The molecule has 0 aliphatic heterocycles. The number of hydrogen-bond acceptors (Lipinski definition) is 2. The zero-order valence-corrected chi connectivity index (χ0v) is 22.0. The molecule has 0 fully saturated rings. The second-order valence-electron chi connectivity index (χ2n) is 7.31. The molecule has 0 saturated carbocycles. The van der Waals surface area contributed by atoms with Crippen molar-refractivity contribution < 1.29 is 8.95 Å². The van der Waals surface area contributed by atoms with Gasteiger partial charge in [-0.3, -0.25) is 0 Å². The molecule has 0 amide bonds. The Balaban J connectivity index is 2.22. The maximum Gasteiger partial charge on any atom is 0.140 e. The molecule has 154 valence electrons. The summed E-state index contributed by atoms with van der Waals surface area (Å²) in [5.41, 5.74) is 1.96. The van der Waals surface area contributed by atoms with E-state index in [9.17, 15) is 4.21 Å². The number of rotatable bonds is 5. The average molecular weight is 641 g/mol. The lowest BCUT2D eigenvalue weighted by molar-refractivity contribution is 0.414. The van der Waals surface area contributed by atoms with Crippen molar-refractivity contribution in [2.24, 2.45) is 0 Å². The van der Waals surface area contributed by atoms with Crippen molar-refractivity contribution in [3.8, 4) is 16.9 Å². The van der Waals surface area contributed by atoms with Gasteiger partial charge in [0.1, 0.15) is 16.7 Å². The molecule has 0 aliphatic rings. The van der Waals surface area contributed by atoms with Crippen LogP contribution in [0.5, 0.6) is 5.75 Å². The summed E-state index contributed by atoms with van der Waals surface area (Å²) in [6, 6.07) is 20.9. The molecular formula is C24H21I2NO2S. The maximum absolute atomic E-state index is 13.5. The first-order valence-corrected chi connectivity index (χ1v) is 12.9. The van der Waals surface area contributed by atoms with Gasteiger partial charge in [-0.1, -0.05) is 48.5 Å². The predicted octanol–water partition coefficient (Wildman–Crippen LogP) is 6.90. The number of benzene rings is 4. The van der Waals surface area contributed by atoms with Crippen molar-refractivity contribution in [1.29, 1.82) is 0 Å². The Hall–Kier alpha value is -1.23. The van der Waals surface area contributed by atoms with Crippen LogP contribution in [0.3, 0.4) is 0 Å². The first-order valence-electron chi connectivity index (χ1n) is 9.57. The molecule has 1 unspecified atom stereocenters. The summed E-state index contributed by atoms with van der Waals surface area (Å²) in [5.74, 6) is 0.809. The van der Waals surface area contributed by atoms with E-state index in [4.69, 9.17) is 4.74 Å². The third-order valence-corrected chi connectivity index (χ3v) is 8.39. The van der Waals surface area contributed by atoms with Gasteiger partial charge in [-0.05, 0) is 92.7 Å². The van der Waals surface area contributed by atoms with Crippen LogP contribution in [0.2, 0.25) is 0 Å². The third kappa shape index (κ3) is 3.99. The standard InChI is InChI=1S/C24H21I2NO2S/c1-14(2)27-30(28)24-20(26)13-16-9-5-7-11-18(16)22(24)21-17-10-6-4-8-15(17)12-19(25)23(21)29-3/h4-14,27H,1-3H3. The fourth-order valence-corrected chi connectivity index (χ4v) is 6.95. The Morgan fingerprint density at radius 3 is 1.97 bits per heavy atom. The van der Waals surface area contributed by atoms with Crippen molar-refractivity contribution in [3.63, 3.8) is 0 Å². The second kappa shape index (κ2) is 9.10. The highest BCUT2D eigenvalue weighted by Gasteiger charge is 2.25. The van der Waals surface area contributed by atoms with E-state index < -0.39 is 11.0 Å². The summed E-state index contributed by atoms with van der Waals surface area (Å²) < 4.78 is 24.6. The van der Waals surface area contributed by atoms with Gasteiger partial charge in [0, 0.05) is 20.7 Å². The van der Waals surface area contributed by atoms with Gasteiger partial charge >= 0.3 is 0 Å². The molecule has 1 atom stereocenters. The zero-order valence-electron chi connectivity index (χ0n) is 16.8. The molecule has 30 heavy (non-hydrogen) atoms. The van der Waals surface area contributed by atoms with E-state index in [1.165, 1.54) is 0 Å². The SMILES string of the molecule is COc1c(I)cc2ccccc2c1-c1c(S(=O)NC(C)C)c(I)cc2ccccc12. The minimum absolute atomic E-state index is 0.0931. The Labute approximate surface area is 206 Å². The number of ether oxygens (including phenoxy) is 1. The second-order valence-corrected chi connectivity index (χ2v) is 10.8. The molecule has 1 N–H and O–H groups in total. The van der Waals surface area contributed by atoms with E-state index in [1.54, 1.807) is 7.11 Å². The van der Waals surface area contributed by atoms with E-state index >= 15 is 0 Å². The van der Waals surface area contributed by atoms with E-state index in [-0.39, 0.29) is 6.04 Å². The number of halogens is 2. The third-order valence-electron chi connectivity index (χ3n) is 4.89. The molecule has 6 heteroatoms. The number of fused-ring (bicyclic) bond motifs is 2. The van der Waals surface area contributed by atoms with Gasteiger partial charge in [-0.25, -0.2) is 8.93 Å². The summed E-state index contributed by atoms with van der Waals surface area (Å²) in [6.45, 7) is 4.01. The van der Waals surface area contributed by atoms with Gasteiger partial charge in [0.2, 0.25) is 0 Å². The van der Waals surface area contributed by atoms with Crippen LogP contribution < -0.4 is 9.46 Å². The van der Waals surface area contributed by atoms with Crippen LogP contribution in [0.15, 0.2) is 65.6 Å². The molecule has 0 spiro atoms. The highest BCUT2D eigenvalue weighted by molar-refractivity contribution is 14.1. The molecule has 0 radical (unpaired) electrons. The van der Waals surface area contributed by atoms with Crippen molar-refractivity contribution >= 4 is 77.7 Å². The quantitative estimate of drug-likeness (QED) is 0.241. The van der Waals surface area contributed by atoms with E-state index in [0.29, 0.717) is 0 Å². The fraction of sp³-hybridized carbons (Fsp3) is 0.167. The fourth-order valence-electron chi connectivity index (χ4n) is 3.74. The van der Waals surface area contributed by atoms with Crippen molar-refractivity contribution in [3.05, 3.63) is 67.8 Å². The molecule has 0 saturated heterocycles. The van der Waals surface area contributed by atoms with E-state index in [2.05, 4.69) is 86.3 Å². The van der Waals surface area contributed by atoms with Gasteiger partial charge in [0.15, 0.2) is 0 Å². The van der Waals surface area contributed by atoms with Crippen LogP contribution in [0.25, 0.3) is 32.7 Å². The van der Waals surface area contributed by atoms with Gasteiger partial charge in [0.05, 0.1) is 15.6 Å². The van der Waals surface area contributed by atoms with Crippen LogP contribution in [-0.4, -0.2) is 17.4 Å². The minimum Gasteiger partial charge on any atom is -0.495 e. The Morgan fingerprint density at radius 1 is 0.867 bits per heavy atom. The largest absolute Gasteiger partial charge is 0.495 e. The van der Waals surface area contributed by atoms with Crippen LogP contribution in [-0.2, 0) is 11.0 Å². The van der Waals surface area contributed by atoms with Crippen molar-refractivity contribution in [2.45, 2.75) is 24.8 Å². The van der Waals surface area contributed by atoms with Crippen LogP contribution in [0.1, 0.15) is 13.8 Å². The van der Waals surface area contributed by atoms with Gasteiger partial charge in [-0.15, -0.1) is 0 Å². The van der Waals surface area contributed by atoms with E-state index in [0.717, 1.165) is 50.5 Å². The molecular weight excluding hydrogens is 620 g/mol. The lowest BCUT2D eigenvalue weighted by Gasteiger charge is -2.21. The van der Waals surface area contributed by atoms with Crippen molar-refractivity contribution in [2.75, 3.05) is 7.11 Å². The predicted molar refractivity (Wildman–Crippen MR) is 144 cm³/mol. The minimum atomic E-state index is -1.37. The summed E-state index contributed by atoms with van der Waals surface area (Å²) in [7, 11) is 0.335. The lowest BCUT2D eigenvalue weighted by Crippen LogP contribution is -2.26. The zero-order chi connectivity index (χ0) is 21.4. The smallest absolute Gasteiger partial charge is 0.140 e. The number of methoxy groups -OCH3 is 1. The number of nitrogens with one attached hydrogen (secondary N) is 1. The number of hydrogen-bond donors (Lipinski definition) is 1. The first kappa shape index (κ1) is 22.0. The van der Waals surface area contributed by atoms with Crippen molar-refractivity contribution in [1.82, 2.24) is 4.72 Å². The first-order chi connectivity index (χ1) is 14.4. The molecule has 0 aromatic heterocycles. The average Bonchev–Trinajstić information content (AvgIpc) is 2.71. The molecule has 0 bridgehead atoms. The molecule has 4 aromatic carbocycles. The topological polar surface area (TPSA) is 38.3 Å². The summed E-state index contributed by atoms with van der Waals surface area (Å²) in [5, 5.41) is 4.41. The van der Waals surface area contributed by atoms with Gasteiger partial charge in [-0.2, -0.15) is 0 Å². The van der Waals surface area contributed by atoms with E-state index in [1.807, 2.05) is 38.1 Å². The Kier molecular flexibility index (Phi) is 6.67. The van der Waals surface area contributed by atoms with Crippen LogP contribution in [0.4, 0.5) is 0 Å². The van der Waals surface area contributed by atoms with Gasteiger partial charge in [0.25, 0.3) is 0 Å². The van der Waals surface area contributed by atoms with Crippen LogP contribution in [0, 0.1) is 7.14 Å².